The van der Waals surface area contributed by atoms with Gasteiger partial charge in [-0.3, -0.25) is 9.59 Å². The van der Waals surface area contributed by atoms with Crippen LogP contribution in [-0.2, 0) is 11.8 Å². The smallest absolute Gasteiger partial charge is 0.273 e. The van der Waals surface area contributed by atoms with Crippen molar-refractivity contribution in [2.75, 3.05) is 11.9 Å². The molecule has 0 aliphatic rings. The van der Waals surface area contributed by atoms with Gasteiger partial charge in [-0.25, -0.2) is 15.0 Å². The third kappa shape index (κ3) is 5.25. The predicted octanol–water partition coefficient (Wildman–Crippen LogP) is 2.72. The molecule has 8 nitrogen and oxygen atoms in total. The molecule has 0 saturated carbocycles. The second-order valence-corrected chi connectivity index (χ2v) is 7.58. The van der Waals surface area contributed by atoms with Crippen molar-refractivity contribution in [2.24, 2.45) is 0 Å². The first kappa shape index (κ1) is 20.2. The summed E-state index contributed by atoms with van der Waals surface area (Å²) in [5.74, 6) is 0.128. The maximum absolute atomic E-state index is 12.6. The van der Waals surface area contributed by atoms with Crippen molar-refractivity contribution in [3.05, 3.63) is 71.7 Å². The molecule has 3 aromatic rings. The van der Waals surface area contributed by atoms with Gasteiger partial charge in [-0.2, -0.15) is 0 Å². The van der Waals surface area contributed by atoms with E-state index < -0.39 is 5.91 Å². The highest BCUT2D eigenvalue weighted by atomic mass is 16.2. The van der Waals surface area contributed by atoms with Gasteiger partial charge in [-0.1, -0.05) is 32.9 Å². The van der Waals surface area contributed by atoms with Crippen LogP contribution < -0.4 is 10.6 Å². The number of carbonyl (C=O) groups is 2. The Hall–Kier alpha value is -3.55. The quantitative estimate of drug-likeness (QED) is 0.597. The number of amides is 2. The molecule has 3 rings (SSSR count). The molecule has 3 N–H and O–H groups in total. The summed E-state index contributed by atoms with van der Waals surface area (Å²) < 4.78 is 0. The minimum Gasteiger partial charge on any atom is -0.350 e. The summed E-state index contributed by atoms with van der Waals surface area (Å²) in [5.41, 5.74) is 1.67. The first-order valence-electron chi connectivity index (χ1n) is 9.34. The third-order valence-corrected chi connectivity index (χ3v) is 4.36. The zero-order valence-corrected chi connectivity index (χ0v) is 16.7. The van der Waals surface area contributed by atoms with Crippen molar-refractivity contribution in [2.45, 2.75) is 32.6 Å². The Labute approximate surface area is 169 Å². The van der Waals surface area contributed by atoms with E-state index in [4.69, 9.17) is 0 Å². The van der Waals surface area contributed by atoms with Gasteiger partial charge in [0.15, 0.2) is 11.5 Å². The van der Waals surface area contributed by atoms with Gasteiger partial charge in [0.05, 0.1) is 0 Å². The summed E-state index contributed by atoms with van der Waals surface area (Å²) >= 11 is 0. The molecular formula is C21H24N6O2. The lowest BCUT2D eigenvalue weighted by Gasteiger charge is -2.19. The number of anilines is 1. The van der Waals surface area contributed by atoms with Gasteiger partial charge in [0.2, 0.25) is 0 Å². The number of aromatic amines is 1. The third-order valence-electron chi connectivity index (χ3n) is 4.36. The van der Waals surface area contributed by atoms with Crippen molar-refractivity contribution in [1.29, 1.82) is 0 Å². The molecule has 2 amide bonds. The summed E-state index contributed by atoms with van der Waals surface area (Å²) in [7, 11) is 0. The summed E-state index contributed by atoms with van der Waals surface area (Å²) in [5, 5.41) is 5.44. The Kier molecular flexibility index (Phi) is 6.01. The molecule has 8 heteroatoms. The maximum Gasteiger partial charge on any atom is 0.273 e. The second kappa shape index (κ2) is 8.64. The molecular weight excluding hydrogens is 368 g/mol. The standard InChI is InChI=1S/C21H24N6O2/c1-21(2,3)15-6-4-14(5-7-15)19(28)27-18-17(24-12-13-25-18)20(29)26-9-8-16-22-10-11-23-16/h4-7,10-13H,8-9H2,1-3H3,(H,22,23)(H,26,29)(H,25,27,28). The van der Waals surface area contributed by atoms with Crippen molar-refractivity contribution in [3.63, 3.8) is 0 Å². The number of nitrogens with zero attached hydrogens (tertiary/aromatic N) is 3. The topological polar surface area (TPSA) is 113 Å². The molecule has 0 fully saturated rings. The number of H-pyrrole nitrogens is 1. The average molecular weight is 392 g/mol. The number of imidazole rings is 1. The number of hydrogen-bond acceptors (Lipinski definition) is 5. The number of hydrogen-bond donors (Lipinski definition) is 3. The monoisotopic (exact) mass is 392 g/mol. The van der Waals surface area contributed by atoms with Crippen molar-refractivity contribution >= 4 is 17.6 Å². The molecule has 0 radical (unpaired) electrons. The highest BCUT2D eigenvalue weighted by molar-refractivity contribution is 6.07. The molecule has 0 atom stereocenters. The van der Waals surface area contributed by atoms with Gasteiger partial charge in [-0.15, -0.1) is 0 Å². The van der Waals surface area contributed by atoms with E-state index in [1.807, 2.05) is 12.1 Å². The van der Waals surface area contributed by atoms with Gasteiger partial charge in [-0.05, 0) is 23.1 Å². The Bertz CT molecular complexity index is 975. The van der Waals surface area contributed by atoms with E-state index in [0.717, 1.165) is 11.4 Å². The zero-order chi connectivity index (χ0) is 20.9. The van der Waals surface area contributed by atoms with Gasteiger partial charge in [0.25, 0.3) is 11.8 Å². The van der Waals surface area contributed by atoms with Crippen LogP contribution in [0.1, 0.15) is 53.0 Å². The Morgan fingerprint density at radius 3 is 2.34 bits per heavy atom. The van der Waals surface area contributed by atoms with Crippen LogP contribution in [-0.4, -0.2) is 38.3 Å². The van der Waals surface area contributed by atoms with Gasteiger partial charge >= 0.3 is 0 Å². The van der Waals surface area contributed by atoms with E-state index in [9.17, 15) is 9.59 Å². The fourth-order valence-corrected chi connectivity index (χ4v) is 2.71. The first-order valence-corrected chi connectivity index (χ1v) is 9.34. The molecule has 0 bridgehead atoms. The van der Waals surface area contributed by atoms with E-state index in [1.54, 1.807) is 24.5 Å². The van der Waals surface area contributed by atoms with Crippen molar-refractivity contribution in [3.8, 4) is 0 Å². The number of carbonyl (C=O) groups excluding carboxylic acids is 2. The predicted molar refractivity (Wildman–Crippen MR) is 110 cm³/mol. The number of aromatic nitrogens is 4. The lowest BCUT2D eigenvalue weighted by Crippen LogP contribution is -2.28. The summed E-state index contributed by atoms with van der Waals surface area (Å²) in [6.07, 6.45) is 6.77. The molecule has 2 aromatic heterocycles. The van der Waals surface area contributed by atoms with Crippen molar-refractivity contribution < 1.29 is 9.59 Å². The minimum absolute atomic E-state index is 0.000809. The lowest BCUT2D eigenvalue weighted by atomic mass is 9.87. The van der Waals surface area contributed by atoms with E-state index in [0.29, 0.717) is 18.5 Å². The van der Waals surface area contributed by atoms with E-state index in [1.165, 1.54) is 12.4 Å². The first-order chi connectivity index (χ1) is 13.8. The normalized spacial score (nSPS) is 11.1. The fourth-order valence-electron chi connectivity index (χ4n) is 2.71. The Balaban J connectivity index is 1.66. The van der Waals surface area contributed by atoms with Crippen LogP contribution in [0.4, 0.5) is 5.82 Å². The molecule has 0 unspecified atom stereocenters. The van der Waals surface area contributed by atoms with Crippen LogP contribution in [0.2, 0.25) is 0 Å². The minimum atomic E-state index is -0.414. The van der Waals surface area contributed by atoms with Crippen LogP contribution in [0.5, 0.6) is 0 Å². The number of benzene rings is 1. The summed E-state index contributed by atoms with van der Waals surface area (Å²) in [6, 6.07) is 7.37. The van der Waals surface area contributed by atoms with E-state index in [-0.39, 0.29) is 22.8 Å². The largest absolute Gasteiger partial charge is 0.350 e. The van der Waals surface area contributed by atoms with Crippen LogP contribution in [0, 0.1) is 0 Å². The SMILES string of the molecule is CC(C)(C)c1ccc(C(=O)Nc2nccnc2C(=O)NCCc2ncc[nH]2)cc1. The van der Waals surface area contributed by atoms with Gasteiger partial charge in [0.1, 0.15) is 5.82 Å². The van der Waals surface area contributed by atoms with Crippen LogP contribution in [0.25, 0.3) is 0 Å². The Morgan fingerprint density at radius 1 is 0.966 bits per heavy atom. The van der Waals surface area contributed by atoms with Gasteiger partial charge in [0, 0.05) is 43.3 Å². The number of nitrogens with one attached hydrogen (secondary N) is 3. The maximum atomic E-state index is 12.6. The summed E-state index contributed by atoms with van der Waals surface area (Å²) in [4.78, 5) is 40.3. The second-order valence-electron chi connectivity index (χ2n) is 7.58. The van der Waals surface area contributed by atoms with Gasteiger partial charge < -0.3 is 15.6 Å². The average Bonchev–Trinajstić information content (AvgIpc) is 3.21. The molecule has 150 valence electrons. The van der Waals surface area contributed by atoms with Crippen LogP contribution in [0.15, 0.2) is 49.1 Å². The molecule has 0 aliphatic heterocycles. The lowest BCUT2D eigenvalue weighted by molar-refractivity contribution is 0.0949. The van der Waals surface area contributed by atoms with E-state index in [2.05, 4.69) is 51.3 Å². The van der Waals surface area contributed by atoms with Crippen molar-refractivity contribution in [1.82, 2.24) is 25.3 Å². The molecule has 0 spiro atoms. The molecule has 1 aromatic carbocycles. The highest BCUT2D eigenvalue weighted by Gasteiger charge is 2.18. The molecule has 0 saturated heterocycles. The Morgan fingerprint density at radius 2 is 1.69 bits per heavy atom. The fraction of sp³-hybridized carbons (Fsp3) is 0.286. The van der Waals surface area contributed by atoms with Crippen LogP contribution in [0.3, 0.4) is 0 Å². The van der Waals surface area contributed by atoms with Crippen LogP contribution >= 0.6 is 0 Å². The number of rotatable bonds is 6. The molecule has 29 heavy (non-hydrogen) atoms. The summed E-state index contributed by atoms with van der Waals surface area (Å²) in [6.45, 7) is 6.71. The molecule has 0 aliphatic carbocycles. The molecule has 2 heterocycles. The zero-order valence-electron chi connectivity index (χ0n) is 16.7. The highest BCUT2D eigenvalue weighted by Crippen LogP contribution is 2.22. The van der Waals surface area contributed by atoms with E-state index >= 15 is 0 Å².